The first-order chi connectivity index (χ1) is 14.1. The van der Waals surface area contributed by atoms with Crippen LogP contribution in [0.2, 0.25) is 0 Å². The molecule has 29 heavy (non-hydrogen) atoms. The molecule has 0 aliphatic rings. The van der Waals surface area contributed by atoms with Crippen molar-refractivity contribution in [3.8, 4) is 5.75 Å². The lowest BCUT2D eigenvalue weighted by molar-refractivity contribution is 0.0983. The summed E-state index contributed by atoms with van der Waals surface area (Å²) in [5.74, 6) is 0.717. The highest BCUT2D eigenvalue weighted by molar-refractivity contribution is 9.10. The van der Waals surface area contributed by atoms with Crippen molar-refractivity contribution in [2.24, 2.45) is 0 Å². The molecule has 0 aliphatic heterocycles. The molecule has 0 spiro atoms. The number of hydrogen-bond acceptors (Lipinski definition) is 5. The summed E-state index contributed by atoms with van der Waals surface area (Å²) in [5, 5.41) is 0.701. The average molecular weight is 476 g/mol. The Hall–Kier alpha value is -1.96. The lowest BCUT2D eigenvalue weighted by Gasteiger charge is -2.24. The van der Waals surface area contributed by atoms with E-state index in [1.54, 1.807) is 4.90 Å². The molecule has 3 rings (SSSR count). The summed E-state index contributed by atoms with van der Waals surface area (Å²) in [6.45, 7) is 10.1. The van der Waals surface area contributed by atoms with Gasteiger partial charge in [0.2, 0.25) is 0 Å². The number of para-hydroxylation sites is 1. The van der Waals surface area contributed by atoms with Gasteiger partial charge in [-0.2, -0.15) is 0 Å². The molecule has 0 aliphatic carbocycles. The highest BCUT2D eigenvalue weighted by Gasteiger charge is 2.22. The number of carbonyl (C=O) groups excluding carboxylic acids is 1. The van der Waals surface area contributed by atoms with E-state index in [0.29, 0.717) is 23.8 Å². The highest BCUT2D eigenvalue weighted by atomic mass is 79.9. The zero-order valence-corrected chi connectivity index (χ0v) is 19.4. The normalized spacial score (nSPS) is 11.2. The van der Waals surface area contributed by atoms with Gasteiger partial charge in [-0.25, -0.2) is 4.98 Å². The smallest absolute Gasteiger partial charge is 0.260 e. The van der Waals surface area contributed by atoms with Crippen LogP contribution in [-0.2, 0) is 0 Å². The number of amides is 1. The number of rotatable bonds is 9. The fraction of sp³-hybridized carbons (Fsp3) is 0.364. The number of halogens is 1. The Morgan fingerprint density at radius 3 is 2.45 bits per heavy atom. The number of nitrogens with zero attached hydrogens (tertiary/aromatic N) is 3. The van der Waals surface area contributed by atoms with Crippen LogP contribution in [0, 0.1) is 0 Å². The van der Waals surface area contributed by atoms with Crippen LogP contribution >= 0.6 is 27.3 Å². The maximum absolute atomic E-state index is 13.4. The van der Waals surface area contributed by atoms with E-state index in [1.807, 2.05) is 49.4 Å². The molecule has 0 bridgehead atoms. The summed E-state index contributed by atoms with van der Waals surface area (Å²) in [7, 11) is 0. The second kappa shape index (κ2) is 10.2. The predicted octanol–water partition coefficient (Wildman–Crippen LogP) is 5.45. The third-order valence-electron chi connectivity index (χ3n) is 4.77. The van der Waals surface area contributed by atoms with E-state index in [0.717, 1.165) is 40.1 Å². The van der Waals surface area contributed by atoms with Crippen LogP contribution in [0.5, 0.6) is 5.75 Å². The van der Waals surface area contributed by atoms with Crippen LogP contribution in [0.3, 0.4) is 0 Å². The SMILES string of the molecule is CCOc1cccc2sc(N(CCN(CC)CC)C(=O)c3ccc(Br)cc3)nc12. The van der Waals surface area contributed by atoms with E-state index < -0.39 is 0 Å². The number of aromatic nitrogens is 1. The second-order valence-corrected chi connectivity index (χ2v) is 8.45. The lowest BCUT2D eigenvalue weighted by atomic mass is 10.2. The van der Waals surface area contributed by atoms with Gasteiger partial charge in [-0.05, 0) is 56.4 Å². The number of anilines is 1. The molecule has 1 aromatic heterocycles. The standard InChI is InChI=1S/C22H26BrN3O2S/c1-4-25(5-2)14-15-26(21(27)16-10-12-17(23)13-11-16)22-24-20-18(28-6-3)8-7-9-19(20)29-22/h7-13H,4-6,14-15H2,1-3H3. The predicted molar refractivity (Wildman–Crippen MR) is 124 cm³/mol. The van der Waals surface area contributed by atoms with E-state index in [1.165, 1.54) is 11.3 Å². The number of fused-ring (bicyclic) bond motifs is 1. The van der Waals surface area contributed by atoms with E-state index in [4.69, 9.17) is 9.72 Å². The Morgan fingerprint density at radius 2 is 1.79 bits per heavy atom. The Balaban J connectivity index is 1.97. The number of hydrogen-bond donors (Lipinski definition) is 0. The summed E-state index contributed by atoms with van der Waals surface area (Å²) in [6.07, 6.45) is 0. The number of ether oxygens (including phenoxy) is 1. The molecule has 1 amide bonds. The minimum Gasteiger partial charge on any atom is -0.492 e. The Labute approximate surface area is 184 Å². The third kappa shape index (κ3) is 5.15. The molecule has 0 radical (unpaired) electrons. The molecule has 0 N–H and O–H groups in total. The molecule has 2 aromatic carbocycles. The zero-order chi connectivity index (χ0) is 20.8. The summed E-state index contributed by atoms with van der Waals surface area (Å²) >= 11 is 4.96. The van der Waals surface area contributed by atoms with E-state index in [9.17, 15) is 4.79 Å². The van der Waals surface area contributed by atoms with Gasteiger partial charge in [0.1, 0.15) is 11.3 Å². The summed E-state index contributed by atoms with van der Waals surface area (Å²) < 4.78 is 7.70. The minimum atomic E-state index is -0.0401. The summed E-state index contributed by atoms with van der Waals surface area (Å²) in [5.41, 5.74) is 1.46. The molecule has 0 saturated carbocycles. The van der Waals surface area contributed by atoms with Crippen molar-refractivity contribution < 1.29 is 9.53 Å². The maximum Gasteiger partial charge on any atom is 0.260 e. The van der Waals surface area contributed by atoms with Crippen molar-refractivity contribution in [1.82, 2.24) is 9.88 Å². The first-order valence-electron chi connectivity index (χ1n) is 9.89. The molecule has 1 heterocycles. The second-order valence-electron chi connectivity index (χ2n) is 6.52. The van der Waals surface area contributed by atoms with Gasteiger partial charge >= 0.3 is 0 Å². The van der Waals surface area contributed by atoms with Gasteiger partial charge in [-0.3, -0.25) is 9.69 Å². The Kier molecular flexibility index (Phi) is 7.64. The molecule has 154 valence electrons. The Morgan fingerprint density at radius 1 is 1.07 bits per heavy atom. The first kappa shape index (κ1) is 21.7. The number of benzene rings is 2. The quantitative estimate of drug-likeness (QED) is 0.412. The lowest BCUT2D eigenvalue weighted by Crippen LogP contribution is -2.38. The van der Waals surface area contributed by atoms with E-state index >= 15 is 0 Å². The largest absolute Gasteiger partial charge is 0.492 e. The van der Waals surface area contributed by atoms with Crippen LogP contribution < -0.4 is 9.64 Å². The fourth-order valence-electron chi connectivity index (χ4n) is 3.11. The number of likely N-dealkylation sites (N-methyl/N-ethyl adjacent to an activating group) is 1. The molecule has 5 nitrogen and oxygen atoms in total. The number of carbonyl (C=O) groups is 1. The molecule has 3 aromatic rings. The summed E-state index contributed by atoms with van der Waals surface area (Å²) in [6, 6.07) is 13.4. The minimum absolute atomic E-state index is 0.0401. The molecule has 0 atom stereocenters. The maximum atomic E-state index is 13.4. The van der Waals surface area contributed by atoms with E-state index in [-0.39, 0.29) is 5.91 Å². The average Bonchev–Trinajstić information content (AvgIpc) is 3.16. The zero-order valence-electron chi connectivity index (χ0n) is 17.0. The van der Waals surface area contributed by atoms with Crippen molar-refractivity contribution >= 4 is 48.5 Å². The molecular formula is C22H26BrN3O2S. The van der Waals surface area contributed by atoms with Crippen LogP contribution in [0.15, 0.2) is 46.9 Å². The molecule has 7 heteroatoms. The summed E-state index contributed by atoms with van der Waals surface area (Å²) in [4.78, 5) is 22.3. The topological polar surface area (TPSA) is 45.7 Å². The number of thiazole rings is 1. The van der Waals surface area contributed by atoms with Crippen LogP contribution in [0.4, 0.5) is 5.13 Å². The molecular weight excluding hydrogens is 450 g/mol. The van der Waals surface area contributed by atoms with Gasteiger partial charge in [0.05, 0.1) is 11.3 Å². The fourth-order valence-corrected chi connectivity index (χ4v) is 4.38. The van der Waals surface area contributed by atoms with Gasteiger partial charge < -0.3 is 9.64 Å². The van der Waals surface area contributed by atoms with Crippen molar-refractivity contribution in [1.29, 1.82) is 0 Å². The van der Waals surface area contributed by atoms with Gasteiger partial charge in [-0.1, -0.05) is 47.2 Å². The van der Waals surface area contributed by atoms with Crippen molar-refractivity contribution in [3.63, 3.8) is 0 Å². The Bertz CT molecular complexity index is 954. The van der Waals surface area contributed by atoms with Crippen LogP contribution in [0.25, 0.3) is 10.2 Å². The third-order valence-corrected chi connectivity index (χ3v) is 6.34. The van der Waals surface area contributed by atoms with E-state index in [2.05, 4.69) is 34.7 Å². The van der Waals surface area contributed by atoms with Crippen molar-refractivity contribution in [2.45, 2.75) is 20.8 Å². The molecule has 0 saturated heterocycles. The van der Waals surface area contributed by atoms with Crippen LogP contribution in [-0.4, -0.2) is 48.6 Å². The highest BCUT2D eigenvalue weighted by Crippen LogP contribution is 2.34. The van der Waals surface area contributed by atoms with Gasteiger partial charge in [-0.15, -0.1) is 0 Å². The van der Waals surface area contributed by atoms with Crippen molar-refractivity contribution in [3.05, 3.63) is 52.5 Å². The van der Waals surface area contributed by atoms with Gasteiger partial charge in [0.15, 0.2) is 5.13 Å². The van der Waals surface area contributed by atoms with Crippen molar-refractivity contribution in [2.75, 3.05) is 37.7 Å². The molecule has 0 unspecified atom stereocenters. The van der Waals surface area contributed by atoms with Gasteiger partial charge in [0, 0.05) is 23.1 Å². The monoisotopic (exact) mass is 475 g/mol. The first-order valence-corrected chi connectivity index (χ1v) is 11.5. The van der Waals surface area contributed by atoms with Crippen LogP contribution in [0.1, 0.15) is 31.1 Å². The van der Waals surface area contributed by atoms with Gasteiger partial charge in [0.25, 0.3) is 5.91 Å². The molecule has 0 fully saturated rings.